The van der Waals surface area contributed by atoms with Gasteiger partial charge in [0.2, 0.25) is 11.8 Å². The van der Waals surface area contributed by atoms with E-state index in [1.807, 2.05) is 13.8 Å². The molecule has 1 saturated heterocycles. The summed E-state index contributed by atoms with van der Waals surface area (Å²) in [4.78, 5) is 25.9. The smallest absolute Gasteiger partial charge is 0.246 e. The van der Waals surface area contributed by atoms with Crippen molar-refractivity contribution in [3.8, 4) is 0 Å². The lowest BCUT2D eigenvalue weighted by molar-refractivity contribution is -0.150. The Kier molecular flexibility index (Phi) is 4.52. The van der Waals surface area contributed by atoms with Crippen LogP contribution < -0.4 is 5.32 Å². The van der Waals surface area contributed by atoms with E-state index in [0.717, 1.165) is 0 Å². The van der Waals surface area contributed by atoms with Crippen molar-refractivity contribution in [1.29, 1.82) is 0 Å². The van der Waals surface area contributed by atoms with Gasteiger partial charge in [-0.05, 0) is 25.0 Å². The van der Waals surface area contributed by atoms with Crippen molar-refractivity contribution in [2.45, 2.75) is 39.4 Å². The molecule has 2 atom stereocenters. The van der Waals surface area contributed by atoms with Crippen LogP contribution in [0.5, 0.6) is 0 Å². The van der Waals surface area contributed by atoms with E-state index in [-0.39, 0.29) is 24.3 Å². The summed E-state index contributed by atoms with van der Waals surface area (Å²) >= 11 is 5.72. The molecule has 1 fully saturated rings. The van der Waals surface area contributed by atoms with Crippen LogP contribution in [0.25, 0.3) is 0 Å². The maximum absolute atomic E-state index is 13.9. The Morgan fingerprint density at radius 2 is 2.05 bits per heavy atom. The first-order valence-electron chi connectivity index (χ1n) is 6.86. The highest BCUT2D eigenvalue weighted by molar-refractivity contribution is 6.30. The molecule has 0 radical (unpaired) electrons. The molecule has 2 unspecified atom stereocenters. The second-order valence-electron chi connectivity index (χ2n) is 5.61. The Bertz CT molecular complexity index is 577. The lowest BCUT2D eigenvalue weighted by Crippen LogP contribution is -2.63. The van der Waals surface area contributed by atoms with Crippen molar-refractivity contribution >= 4 is 23.4 Å². The Hall–Kier alpha value is -1.62. The largest absolute Gasteiger partial charge is 0.342 e. The molecule has 0 aromatic heterocycles. The summed E-state index contributed by atoms with van der Waals surface area (Å²) in [5, 5.41) is 3.01. The van der Waals surface area contributed by atoms with Gasteiger partial charge in [0.25, 0.3) is 0 Å². The normalized spacial score (nSPS) is 22.7. The predicted molar refractivity (Wildman–Crippen MR) is 78.2 cm³/mol. The van der Waals surface area contributed by atoms with Gasteiger partial charge in [-0.3, -0.25) is 9.59 Å². The second-order valence-corrected chi connectivity index (χ2v) is 6.04. The van der Waals surface area contributed by atoms with E-state index in [9.17, 15) is 14.0 Å². The summed E-state index contributed by atoms with van der Waals surface area (Å²) in [6, 6.07) is 3.12. The predicted octanol–water partition coefficient (Wildman–Crippen LogP) is 2.35. The number of hydrogen-bond donors (Lipinski definition) is 1. The highest BCUT2D eigenvalue weighted by Gasteiger charge is 2.39. The van der Waals surface area contributed by atoms with Crippen LogP contribution in [0, 0.1) is 11.7 Å². The number of benzene rings is 1. The van der Waals surface area contributed by atoms with Crippen LogP contribution >= 0.6 is 11.6 Å². The number of carbonyl (C=O) groups is 2. The van der Waals surface area contributed by atoms with E-state index in [1.54, 1.807) is 13.0 Å². The Balaban J connectivity index is 2.27. The van der Waals surface area contributed by atoms with Crippen molar-refractivity contribution in [1.82, 2.24) is 10.2 Å². The molecule has 0 saturated carbocycles. The minimum atomic E-state index is -0.623. The average Bonchev–Trinajstić information content (AvgIpc) is 2.40. The number of amides is 2. The number of hydrogen-bond acceptors (Lipinski definition) is 2. The molecule has 1 aromatic carbocycles. The summed E-state index contributed by atoms with van der Waals surface area (Å²) in [5.74, 6) is -0.907. The van der Waals surface area contributed by atoms with Crippen molar-refractivity contribution in [2.75, 3.05) is 0 Å². The first kappa shape index (κ1) is 15.8. The average molecular weight is 313 g/mol. The van der Waals surface area contributed by atoms with Crippen molar-refractivity contribution in [2.24, 2.45) is 5.92 Å². The van der Waals surface area contributed by atoms with Gasteiger partial charge < -0.3 is 10.2 Å². The molecule has 21 heavy (non-hydrogen) atoms. The topological polar surface area (TPSA) is 49.4 Å². The van der Waals surface area contributed by atoms with Crippen LogP contribution in [0.3, 0.4) is 0 Å². The van der Waals surface area contributed by atoms with Gasteiger partial charge in [0.1, 0.15) is 17.9 Å². The Morgan fingerprint density at radius 1 is 1.38 bits per heavy atom. The zero-order chi connectivity index (χ0) is 15.7. The van der Waals surface area contributed by atoms with Crippen LogP contribution in [0.1, 0.15) is 26.3 Å². The molecule has 2 amide bonds. The highest BCUT2D eigenvalue weighted by atomic mass is 35.5. The van der Waals surface area contributed by atoms with Gasteiger partial charge in [-0.25, -0.2) is 4.39 Å². The van der Waals surface area contributed by atoms with E-state index in [0.29, 0.717) is 10.6 Å². The molecule has 114 valence electrons. The Labute approximate surface area is 128 Å². The fourth-order valence-corrected chi connectivity index (χ4v) is 2.51. The number of rotatable bonds is 3. The van der Waals surface area contributed by atoms with Crippen LogP contribution in [0.15, 0.2) is 18.2 Å². The molecular weight excluding hydrogens is 295 g/mol. The first-order valence-corrected chi connectivity index (χ1v) is 7.24. The molecule has 1 heterocycles. The van der Waals surface area contributed by atoms with Gasteiger partial charge in [0.05, 0.1) is 0 Å². The van der Waals surface area contributed by atoms with Gasteiger partial charge in [0.15, 0.2) is 0 Å². The number of piperazine rings is 1. The molecule has 0 aliphatic carbocycles. The molecule has 4 nitrogen and oxygen atoms in total. The molecular formula is C15H18ClFN2O2. The van der Waals surface area contributed by atoms with Crippen LogP contribution in [0.2, 0.25) is 5.02 Å². The maximum Gasteiger partial charge on any atom is 0.246 e. The fourth-order valence-electron chi connectivity index (χ4n) is 2.35. The van der Waals surface area contributed by atoms with Crippen LogP contribution in [0.4, 0.5) is 4.39 Å². The maximum atomic E-state index is 13.9. The second kappa shape index (κ2) is 6.02. The third-order valence-electron chi connectivity index (χ3n) is 3.72. The molecule has 6 heteroatoms. The number of nitrogens with zero attached hydrogens (tertiary/aromatic N) is 1. The minimum Gasteiger partial charge on any atom is -0.342 e. The quantitative estimate of drug-likeness (QED) is 0.931. The van der Waals surface area contributed by atoms with E-state index < -0.39 is 17.9 Å². The molecule has 1 aliphatic heterocycles. The minimum absolute atomic E-state index is 0.0217. The van der Waals surface area contributed by atoms with Gasteiger partial charge in [-0.15, -0.1) is 0 Å². The third kappa shape index (κ3) is 3.18. The SMILES string of the molecule is CC(C)C1NC(=O)C(C)N(Cc2ccc(Cl)cc2F)C1=O. The molecule has 1 aliphatic rings. The van der Waals surface area contributed by atoms with E-state index in [4.69, 9.17) is 11.6 Å². The lowest BCUT2D eigenvalue weighted by atomic mass is 9.98. The number of nitrogens with one attached hydrogen (secondary N) is 1. The van der Waals surface area contributed by atoms with E-state index in [1.165, 1.54) is 17.0 Å². The monoisotopic (exact) mass is 312 g/mol. The van der Waals surface area contributed by atoms with Crippen molar-refractivity contribution in [3.63, 3.8) is 0 Å². The molecule has 1 N–H and O–H groups in total. The van der Waals surface area contributed by atoms with Gasteiger partial charge >= 0.3 is 0 Å². The van der Waals surface area contributed by atoms with E-state index in [2.05, 4.69) is 5.32 Å². The summed E-state index contributed by atoms with van der Waals surface area (Å²) in [6.07, 6.45) is 0. The number of halogens is 2. The number of carbonyl (C=O) groups excluding carboxylic acids is 2. The van der Waals surface area contributed by atoms with Gasteiger partial charge in [-0.1, -0.05) is 31.5 Å². The summed E-state index contributed by atoms with van der Waals surface area (Å²) < 4.78 is 13.9. The standard InChI is InChI=1S/C15H18ClFN2O2/c1-8(2)13-15(21)19(9(3)14(20)18-13)7-10-4-5-11(16)6-12(10)17/h4-6,8-9,13H,7H2,1-3H3,(H,18,20). The summed E-state index contributed by atoms with van der Waals surface area (Å²) in [5.41, 5.74) is 0.344. The van der Waals surface area contributed by atoms with Crippen molar-refractivity contribution < 1.29 is 14.0 Å². The Morgan fingerprint density at radius 3 is 2.62 bits per heavy atom. The van der Waals surface area contributed by atoms with Crippen molar-refractivity contribution in [3.05, 3.63) is 34.6 Å². The van der Waals surface area contributed by atoms with Crippen LogP contribution in [-0.2, 0) is 16.1 Å². The highest BCUT2D eigenvalue weighted by Crippen LogP contribution is 2.21. The summed E-state index contributed by atoms with van der Waals surface area (Å²) in [6.45, 7) is 5.41. The third-order valence-corrected chi connectivity index (χ3v) is 3.95. The molecule has 0 bridgehead atoms. The zero-order valence-electron chi connectivity index (χ0n) is 12.2. The summed E-state index contributed by atoms with van der Waals surface area (Å²) in [7, 11) is 0. The van der Waals surface area contributed by atoms with Crippen LogP contribution in [-0.4, -0.2) is 28.8 Å². The molecule has 2 rings (SSSR count). The molecule has 0 spiro atoms. The van der Waals surface area contributed by atoms with Gasteiger partial charge in [-0.2, -0.15) is 0 Å². The zero-order valence-corrected chi connectivity index (χ0v) is 12.9. The lowest BCUT2D eigenvalue weighted by Gasteiger charge is -2.38. The van der Waals surface area contributed by atoms with Gasteiger partial charge in [0, 0.05) is 17.1 Å². The van der Waals surface area contributed by atoms with E-state index >= 15 is 0 Å². The first-order chi connectivity index (χ1) is 9.81. The fraction of sp³-hybridized carbons (Fsp3) is 0.467. The molecule has 1 aromatic rings.